The van der Waals surface area contributed by atoms with Crippen LogP contribution in [0.1, 0.15) is 17.0 Å². The second-order valence-electron chi connectivity index (χ2n) is 6.84. The van der Waals surface area contributed by atoms with Crippen LogP contribution in [-0.4, -0.2) is 28.6 Å². The van der Waals surface area contributed by atoms with Crippen LogP contribution in [-0.2, 0) is 15.3 Å². The molecule has 1 fully saturated rings. The van der Waals surface area contributed by atoms with Gasteiger partial charge >= 0.3 is 0 Å². The predicted molar refractivity (Wildman–Crippen MR) is 116 cm³/mol. The molecule has 8 heteroatoms. The van der Waals surface area contributed by atoms with E-state index < -0.39 is 5.92 Å². The molecule has 0 spiro atoms. The van der Waals surface area contributed by atoms with Crippen LogP contribution in [0.3, 0.4) is 0 Å². The summed E-state index contributed by atoms with van der Waals surface area (Å²) in [5, 5.41) is 12.4. The molecule has 1 N–H and O–H groups in total. The van der Waals surface area contributed by atoms with Gasteiger partial charge in [-0.2, -0.15) is 0 Å². The first kappa shape index (κ1) is 19.6. The van der Waals surface area contributed by atoms with Gasteiger partial charge in [0, 0.05) is 23.5 Å². The number of nitrogens with one attached hydrogen (secondary N) is 1. The van der Waals surface area contributed by atoms with Crippen molar-refractivity contribution in [2.24, 2.45) is 5.92 Å². The maximum atomic E-state index is 12.6. The molecule has 1 unspecified atom stereocenters. The summed E-state index contributed by atoms with van der Waals surface area (Å²) < 4.78 is 0. The average molecular weight is 425 g/mol. The standard InChI is InChI=1S/C21H20N4O2S2/c1-14-6-5-7-16(10-14)25-12-15(11-19(25)26)20(27)22-21-24-23-18(29-21)13-28-17-8-3-2-4-9-17/h2-10,15H,11-13H2,1H3,(H,22,24,27). The Kier molecular flexibility index (Phi) is 5.92. The van der Waals surface area contributed by atoms with Crippen LogP contribution in [0.4, 0.5) is 10.8 Å². The first-order valence-corrected chi connectivity index (χ1v) is 11.1. The lowest BCUT2D eigenvalue weighted by Gasteiger charge is -2.17. The van der Waals surface area contributed by atoms with Gasteiger partial charge in [-0.1, -0.05) is 41.7 Å². The third-order valence-electron chi connectivity index (χ3n) is 4.61. The maximum Gasteiger partial charge on any atom is 0.231 e. The molecular weight excluding hydrogens is 404 g/mol. The molecule has 4 rings (SSSR count). The lowest BCUT2D eigenvalue weighted by atomic mass is 10.1. The van der Waals surface area contributed by atoms with Crippen LogP contribution >= 0.6 is 23.1 Å². The van der Waals surface area contributed by atoms with E-state index in [2.05, 4.69) is 15.5 Å². The Labute approximate surface area is 177 Å². The van der Waals surface area contributed by atoms with Crippen molar-refractivity contribution in [3.8, 4) is 0 Å². The number of rotatable bonds is 6. The monoisotopic (exact) mass is 424 g/mol. The van der Waals surface area contributed by atoms with Gasteiger partial charge in [-0.3, -0.25) is 9.59 Å². The summed E-state index contributed by atoms with van der Waals surface area (Å²) in [6.07, 6.45) is 0.204. The van der Waals surface area contributed by atoms with Crippen LogP contribution in [0.2, 0.25) is 0 Å². The number of amides is 2. The number of aryl methyl sites for hydroxylation is 1. The Morgan fingerprint density at radius 3 is 2.83 bits per heavy atom. The lowest BCUT2D eigenvalue weighted by molar-refractivity contribution is -0.122. The molecule has 2 aromatic carbocycles. The van der Waals surface area contributed by atoms with Crippen LogP contribution in [0.15, 0.2) is 59.5 Å². The first-order chi connectivity index (χ1) is 14.1. The summed E-state index contributed by atoms with van der Waals surface area (Å²) >= 11 is 3.04. The van der Waals surface area contributed by atoms with E-state index in [9.17, 15) is 9.59 Å². The third-order valence-corrected chi connectivity index (χ3v) is 6.66. The van der Waals surface area contributed by atoms with Gasteiger partial charge in [-0.15, -0.1) is 22.0 Å². The van der Waals surface area contributed by atoms with E-state index in [1.165, 1.54) is 11.3 Å². The number of nitrogens with zero attached hydrogens (tertiary/aromatic N) is 3. The number of hydrogen-bond donors (Lipinski definition) is 1. The highest BCUT2D eigenvalue weighted by Gasteiger charge is 2.35. The molecule has 2 amide bonds. The highest BCUT2D eigenvalue weighted by atomic mass is 32.2. The Morgan fingerprint density at radius 2 is 2.03 bits per heavy atom. The molecule has 148 valence electrons. The summed E-state index contributed by atoms with van der Waals surface area (Å²) in [4.78, 5) is 27.9. The second-order valence-corrected chi connectivity index (χ2v) is 8.95. The molecule has 29 heavy (non-hydrogen) atoms. The van der Waals surface area contributed by atoms with Crippen molar-refractivity contribution in [3.05, 3.63) is 65.2 Å². The van der Waals surface area contributed by atoms with Gasteiger partial charge in [0.1, 0.15) is 5.01 Å². The van der Waals surface area contributed by atoms with Gasteiger partial charge < -0.3 is 10.2 Å². The van der Waals surface area contributed by atoms with Crippen LogP contribution < -0.4 is 10.2 Å². The largest absolute Gasteiger partial charge is 0.312 e. The quantitative estimate of drug-likeness (QED) is 0.602. The molecular formula is C21H20N4O2S2. The van der Waals surface area contributed by atoms with Crippen molar-refractivity contribution in [3.63, 3.8) is 0 Å². The van der Waals surface area contributed by atoms with E-state index in [4.69, 9.17) is 0 Å². The fourth-order valence-corrected chi connectivity index (χ4v) is 4.81. The molecule has 0 bridgehead atoms. The van der Waals surface area contributed by atoms with E-state index >= 15 is 0 Å². The number of carbonyl (C=O) groups excluding carboxylic acids is 2. The number of thioether (sulfide) groups is 1. The van der Waals surface area contributed by atoms with E-state index in [0.29, 0.717) is 17.4 Å². The van der Waals surface area contributed by atoms with E-state index in [1.807, 2.05) is 61.5 Å². The summed E-state index contributed by atoms with van der Waals surface area (Å²) in [7, 11) is 0. The van der Waals surface area contributed by atoms with Crippen LogP contribution in [0.25, 0.3) is 0 Å². The number of hydrogen-bond acceptors (Lipinski definition) is 6. The molecule has 0 saturated carbocycles. The van der Waals surface area contributed by atoms with Gasteiger partial charge in [-0.05, 0) is 36.8 Å². The van der Waals surface area contributed by atoms with Crippen molar-refractivity contribution in [1.29, 1.82) is 0 Å². The minimum absolute atomic E-state index is 0.0343. The minimum Gasteiger partial charge on any atom is -0.312 e. The van der Waals surface area contributed by atoms with Crippen LogP contribution in [0, 0.1) is 12.8 Å². The van der Waals surface area contributed by atoms with Crippen molar-refractivity contribution in [2.75, 3.05) is 16.8 Å². The first-order valence-electron chi connectivity index (χ1n) is 9.26. The van der Waals surface area contributed by atoms with Gasteiger partial charge in [-0.25, -0.2) is 0 Å². The number of benzene rings is 2. The zero-order valence-corrected chi connectivity index (χ0v) is 17.5. The molecule has 6 nitrogen and oxygen atoms in total. The Morgan fingerprint density at radius 1 is 1.21 bits per heavy atom. The fraction of sp³-hybridized carbons (Fsp3) is 0.238. The minimum atomic E-state index is -0.394. The Bertz CT molecular complexity index is 1020. The summed E-state index contributed by atoms with van der Waals surface area (Å²) in [5.74, 6) is 0.0783. The molecule has 1 atom stereocenters. The molecule has 1 saturated heterocycles. The zero-order valence-electron chi connectivity index (χ0n) is 15.9. The smallest absolute Gasteiger partial charge is 0.231 e. The topological polar surface area (TPSA) is 75.2 Å². The molecule has 0 radical (unpaired) electrons. The number of carbonyl (C=O) groups is 2. The average Bonchev–Trinajstić information content (AvgIpc) is 3.33. The van der Waals surface area contributed by atoms with Crippen molar-refractivity contribution in [2.45, 2.75) is 24.0 Å². The van der Waals surface area contributed by atoms with E-state index in [-0.39, 0.29) is 18.2 Å². The van der Waals surface area contributed by atoms with Crippen molar-refractivity contribution < 1.29 is 9.59 Å². The Balaban J connectivity index is 1.34. The van der Waals surface area contributed by atoms with Gasteiger partial charge in [0.05, 0.1) is 11.7 Å². The highest BCUT2D eigenvalue weighted by Crippen LogP contribution is 2.28. The summed E-state index contributed by atoms with van der Waals surface area (Å²) in [5.41, 5.74) is 1.92. The van der Waals surface area contributed by atoms with E-state index in [0.717, 1.165) is 21.2 Å². The maximum absolute atomic E-state index is 12.6. The molecule has 3 aromatic rings. The second kappa shape index (κ2) is 8.75. The summed E-state index contributed by atoms with van der Waals surface area (Å²) in [6.45, 7) is 2.36. The Hall–Kier alpha value is -2.71. The normalized spacial score (nSPS) is 16.2. The van der Waals surface area contributed by atoms with Crippen LogP contribution in [0.5, 0.6) is 0 Å². The van der Waals surface area contributed by atoms with Crippen molar-refractivity contribution in [1.82, 2.24) is 10.2 Å². The summed E-state index contributed by atoms with van der Waals surface area (Å²) in [6, 6.07) is 17.8. The van der Waals surface area contributed by atoms with Crippen molar-refractivity contribution >= 4 is 45.7 Å². The van der Waals surface area contributed by atoms with Gasteiger partial charge in [0.25, 0.3) is 0 Å². The number of anilines is 2. The zero-order chi connectivity index (χ0) is 20.2. The molecule has 1 aliphatic rings. The fourth-order valence-electron chi connectivity index (χ4n) is 3.16. The van der Waals surface area contributed by atoms with E-state index in [1.54, 1.807) is 16.7 Å². The highest BCUT2D eigenvalue weighted by molar-refractivity contribution is 7.98. The molecule has 1 aromatic heterocycles. The third kappa shape index (κ3) is 4.83. The van der Waals surface area contributed by atoms with Gasteiger partial charge in [0.2, 0.25) is 16.9 Å². The molecule has 2 heterocycles. The molecule has 1 aliphatic heterocycles. The molecule has 0 aliphatic carbocycles. The predicted octanol–water partition coefficient (Wildman–Crippen LogP) is 4.13. The number of aromatic nitrogens is 2. The lowest BCUT2D eigenvalue weighted by Crippen LogP contribution is -2.28. The van der Waals surface area contributed by atoms with Gasteiger partial charge in [0.15, 0.2) is 0 Å². The SMILES string of the molecule is Cc1cccc(N2CC(C(=O)Nc3nnc(CSc4ccccc4)s3)CC2=O)c1.